The molecule has 0 aromatic rings. The lowest BCUT2D eigenvalue weighted by molar-refractivity contribution is 0.119. The van der Waals surface area contributed by atoms with Gasteiger partial charge in [0.25, 0.3) is 0 Å². The summed E-state index contributed by atoms with van der Waals surface area (Å²) in [6.07, 6.45) is 4.45. The fourth-order valence-electron chi connectivity index (χ4n) is 4.02. The minimum Gasteiger partial charge on any atom is -0.0651 e. The summed E-state index contributed by atoms with van der Waals surface area (Å²) >= 11 is 0. The molecule has 0 nitrogen and oxygen atoms in total. The summed E-state index contributed by atoms with van der Waals surface area (Å²) < 4.78 is 0. The lowest BCUT2D eigenvalue weighted by Gasteiger charge is -2.37. The first-order valence-electron chi connectivity index (χ1n) is 6.16. The molecule has 0 aromatic heterocycles. The van der Waals surface area contributed by atoms with Gasteiger partial charge in [0.05, 0.1) is 0 Å². The van der Waals surface area contributed by atoms with Gasteiger partial charge in [0, 0.05) is 0 Å². The van der Waals surface area contributed by atoms with E-state index in [0.717, 1.165) is 35.5 Å². The maximum Gasteiger partial charge on any atom is -0.0329 e. The summed E-state index contributed by atoms with van der Waals surface area (Å²) in [6.45, 7) is 9.81. The van der Waals surface area contributed by atoms with E-state index in [1.165, 1.54) is 19.3 Å². The van der Waals surface area contributed by atoms with Crippen molar-refractivity contribution in [1.29, 1.82) is 0 Å². The summed E-state index contributed by atoms with van der Waals surface area (Å²) in [6, 6.07) is 0. The second-order valence-corrected chi connectivity index (χ2v) is 5.59. The van der Waals surface area contributed by atoms with Crippen molar-refractivity contribution in [2.24, 2.45) is 35.5 Å². The van der Waals surface area contributed by atoms with Gasteiger partial charge in [0.1, 0.15) is 0 Å². The predicted molar refractivity (Wildman–Crippen MR) is 57.5 cm³/mol. The van der Waals surface area contributed by atoms with E-state index < -0.39 is 0 Å². The number of hydrogen-bond donors (Lipinski definition) is 0. The van der Waals surface area contributed by atoms with Crippen LogP contribution in [-0.4, -0.2) is 0 Å². The van der Waals surface area contributed by atoms with E-state index in [1.807, 2.05) is 0 Å². The molecule has 2 fully saturated rings. The Balaban J connectivity index is 2.10. The molecule has 13 heavy (non-hydrogen) atoms. The lowest BCUT2D eigenvalue weighted by atomic mass is 9.68. The van der Waals surface area contributed by atoms with Crippen molar-refractivity contribution in [1.82, 2.24) is 0 Å². The van der Waals surface area contributed by atoms with E-state index in [2.05, 4.69) is 27.7 Å². The fraction of sp³-hybridized carbons (Fsp3) is 1.00. The van der Waals surface area contributed by atoms with E-state index in [4.69, 9.17) is 0 Å². The van der Waals surface area contributed by atoms with Crippen LogP contribution >= 0.6 is 0 Å². The maximum atomic E-state index is 2.50. The van der Waals surface area contributed by atoms with Gasteiger partial charge in [-0.3, -0.25) is 0 Å². The average molecular weight is 180 g/mol. The largest absolute Gasteiger partial charge is 0.0651 e. The van der Waals surface area contributed by atoms with Gasteiger partial charge in [-0.1, -0.05) is 34.1 Å². The van der Waals surface area contributed by atoms with Gasteiger partial charge >= 0.3 is 0 Å². The van der Waals surface area contributed by atoms with Crippen molar-refractivity contribution in [3.8, 4) is 0 Å². The minimum atomic E-state index is 0.966. The second-order valence-electron chi connectivity index (χ2n) is 5.59. The maximum absolute atomic E-state index is 2.50. The first kappa shape index (κ1) is 9.55. The molecule has 0 spiro atoms. The summed E-state index contributed by atoms with van der Waals surface area (Å²) in [7, 11) is 0. The Bertz CT molecular complexity index is 178. The topological polar surface area (TPSA) is 0 Å². The van der Waals surface area contributed by atoms with Crippen LogP contribution in [0.15, 0.2) is 0 Å². The van der Waals surface area contributed by atoms with Crippen LogP contribution in [0.4, 0.5) is 0 Å². The van der Waals surface area contributed by atoms with E-state index in [1.54, 1.807) is 0 Å². The number of hydrogen-bond acceptors (Lipinski definition) is 0. The van der Waals surface area contributed by atoms with Crippen LogP contribution in [-0.2, 0) is 0 Å². The Morgan fingerprint density at radius 1 is 1.08 bits per heavy atom. The van der Waals surface area contributed by atoms with Crippen LogP contribution < -0.4 is 0 Å². The smallest absolute Gasteiger partial charge is 0.0329 e. The first-order chi connectivity index (χ1) is 6.16. The molecule has 0 aromatic carbocycles. The molecule has 6 unspecified atom stereocenters. The molecule has 2 aliphatic rings. The van der Waals surface area contributed by atoms with Gasteiger partial charge < -0.3 is 0 Å². The van der Waals surface area contributed by atoms with Crippen LogP contribution in [0.25, 0.3) is 0 Å². The molecule has 0 aliphatic heterocycles. The predicted octanol–water partition coefficient (Wildman–Crippen LogP) is 3.96. The molecule has 0 heteroatoms. The summed E-state index contributed by atoms with van der Waals surface area (Å²) in [4.78, 5) is 0. The molecular weight excluding hydrogens is 156 g/mol. The van der Waals surface area contributed by atoms with Crippen molar-refractivity contribution in [2.75, 3.05) is 0 Å². The molecule has 6 atom stereocenters. The Kier molecular flexibility index (Phi) is 2.42. The zero-order chi connectivity index (χ0) is 9.59. The first-order valence-corrected chi connectivity index (χ1v) is 6.16. The van der Waals surface area contributed by atoms with Crippen LogP contribution in [0.1, 0.15) is 47.0 Å². The lowest BCUT2D eigenvalue weighted by Crippen LogP contribution is -2.29. The van der Waals surface area contributed by atoms with Crippen molar-refractivity contribution in [3.05, 3.63) is 0 Å². The SMILES string of the molecule is CCC(C)C1C(C)C(C)C2CCC21. The molecule has 0 radical (unpaired) electrons. The van der Waals surface area contributed by atoms with Gasteiger partial charge in [-0.05, 0) is 48.3 Å². The molecule has 0 heterocycles. The van der Waals surface area contributed by atoms with Gasteiger partial charge in [0.15, 0.2) is 0 Å². The minimum absolute atomic E-state index is 0.966. The van der Waals surface area contributed by atoms with E-state index >= 15 is 0 Å². The highest BCUT2D eigenvalue weighted by atomic mass is 14.6. The fourth-order valence-corrected chi connectivity index (χ4v) is 4.02. The quantitative estimate of drug-likeness (QED) is 0.603. The van der Waals surface area contributed by atoms with Crippen LogP contribution in [0, 0.1) is 35.5 Å². The highest BCUT2D eigenvalue weighted by molar-refractivity contribution is 5.00. The molecule has 0 saturated heterocycles. The van der Waals surface area contributed by atoms with E-state index in [-0.39, 0.29) is 0 Å². The zero-order valence-electron chi connectivity index (χ0n) is 9.59. The molecule has 0 amide bonds. The van der Waals surface area contributed by atoms with E-state index in [0.29, 0.717) is 0 Å². The van der Waals surface area contributed by atoms with E-state index in [9.17, 15) is 0 Å². The molecule has 76 valence electrons. The Morgan fingerprint density at radius 3 is 2.08 bits per heavy atom. The van der Waals surface area contributed by atoms with Crippen molar-refractivity contribution in [3.63, 3.8) is 0 Å². The number of fused-ring (bicyclic) bond motifs is 1. The zero-order valence-corrected chi connectivity index (χ0v) is 9.59. The van der Waals surface area contributed by atoms with Crippen molar-refractivity contribution >= 4 is 0 Å². The third-order valence-corrected chi connectivity index (χ3v) is 5.29. The van der Waals surface area contributed by atoms with Crippen LogP contribution in [0.3, 0.4) is 0 Å². The van der Waals surface area contributed by atoms with Gasteiger partial charge in [-0.25, -0.2) is 0 Å². The van der Waals surface area contributed by atoms with Gasteiger partial charge in [-0.15, -0.1) is 0 Å². The normalized spacial score (nSPS) is 51.2. The molecule has 2 aliphatic carbocycles. The van der Waals surface area contributed by atoms with Crippen molar-refractivity contribution in [2.45, 2.75) is 47.0 Å². The second kappa shape index (κ2) is 3.29. The van der Waals surface area contributed by atoms with Gasteiger partial charge in [0.2, 0.25) is 0 Å². The summed E-state index contributed by atoms with van der Waals surface area (Å²) in [5, 5.41) is 0. The van der Waals surface area contributed by atoms with Crippen LogP contribution in [0.2, 0.25) is 0 Å². The highest BCUT2D eigenvalue weighted by Crippen LogP contribution is 2.58. The van der Waals surface area contributed by atoms with Crippen molar-refractivity contribution < 1.29 is 0 Å². The Labute approximate surface area is 83.1 Å². The van der Waals surface area contributed by atoms with Crippen LogP contribution in [0.5, 0.6) is 0 Å². The monoisotopic (exact) mass is 180 g/mol. The Morgan fingerprint density at radius 2 is 1.69 bits per heavy atom. The molecule has 2 saturated carbocycles. The summed E-state index contributed by atoms with van der Waals surface area (Å²) in [5.41, 5.74) is 0. The standard InChI is InChI=1S/C13H24/c1-5-8(2)13-10(4)9(3)11-6-7-12(11)13/h8-13H,5-7H2,1-4H3. The third-order valence-electron chi connectivity index (χ3n) is 5.29. The molecule has 2 rings (SSSR count). The molecular formula is C13H24. The Hall–Kier alpha value is 0. The van der Waals surface area contributed by atoms with Gasteiger partial charge in [-0.2, -0.15) is 0 Å². The molecule has 0 N–H and O–H groups in total. The molecule has 0 bridgehead atoms. The average Bonchev–Trinajstić information content (AvgIpc) is 2.23. The summed E-state index contributed by atoms with van der Waals surface area (Å²) in [5.74, 6) is 6.24. The highest BCUT2D eigenvalue weighted by Gasteiger charge is 2.51. The number of rotatable bonds is 2. The third kappa shape index (κ3) is 1.25.